The predicted molar refractivity (Wildman–Crippen MR) is 139 cm³/mol. The average molecular weight is 482 g/mol. The Morgan fingerprint density at radius 2 is 1.74 bits per heavy atom. The second-order valence-corrected chi connectivity index (χ2v) is 10.3. The summed E-state index contributed by atoms with van der Waals surface area (Å²) in [6.07, 6.45) is 3.26. The van der Waals surface area contributed by atoms with Crippen LogP contribution in [0.15, 0.2) is 59.8 Å². The van der Waals surface area contributed by atoms with E-state index < -0.39 is 5.60 Å². The first kappa shape index (κ1) is 25.8. The smallest absolute Gasteiger partial charge is 0.326 e. The third-order valence-corrected chi connectivity index (χ3v) is 6.26. The molecule has 2 aromatic carbocycles. The van der Waals surface area contributed by atoms with Crippen LogP contribution in [0.4, 0.5) is 5.69 Å². The van der Waals surface area contributed by atoms with E-state index in [9.17, 15) is 9.59 Å². The molecule has 6 nitrogen and oxygen atoms in total. The summed E-state index contributed by atoms with van der Waals surface area (Å²) in [5.74, 6) is 0.659. The van der Waals surface area contributed by atoms with Crippen LogP contribution in [0.3, 0.4) is 0 Å². The van der Waals surface area contributed by atoms with Crippen LogP contribution in [-0.4, -0.2) is 39.3 Å². The Labute approximate surface area is 206 Å². The Morgan fingerprint density at radius 3 is 2.44 bits per heavy atom. The van der Waals surface area contributed by atoms with Gasteiger partial charge >= 0.3 is 5.97 Å². The number of unbranched alkanes of at least 4 members (excludes halogenated alkanes) is 1. The summed E-state index contributed by atoms with van der Waals surface area (Å²) in [5, 5.41) is 0.788. The zero-order valence-electron chi connectivity index (χ0n) is 20.6. The van der Waals surface area contributed by atoms with Gasteiger partial charge in [0.2, 0.25) is 5.91 Å². The number of carbonyl (C=O) groups excluding carboxylic acids is 2. The number of anilines is 1. The van der Waals surface area contributed by atoms with Crippen molar-refractivity contribution in [2.75, 3.05) is 17.2 Å². The topological polar surface area (TPSA) is 64.4 Å². The Hall–Kier alpha value is -2.80. The first-order valence-corrected chi connectivity index (χ1v) is 12.9. The molecule has 182 valence electrons. The number of amides is 1. The van der Waals surface area contributed by atoms with Crippen molar-refractivity contribution in [2.24, 2.45) is 0 Å². The fourth-order valence-electron chi connectivity index (χ4n) is 3.67. The summed E-state index contributed by atoms with van der Waals surface area (Å²) in [4.78, 5) is 32.0. The third kappa shape index (κ3) is 7.35. The van der Waals surface area contributed by atoms with E-state index in [4.69, 9.17) is 9.72 Å². The van der Waals surface area contributed by atoms with Crippen molar-refractivity contribution in [3.63, 3.8) is 0 Å². The summed E-state index contributed by atoms with van der Waals surface area (Å²) in [5.41, 5.74) is 2.17. The fourth-order valence-corrected chi connectivity index (χ4v) is 4.61. The molecule has 0 aliphatic carbocycles. The highest BCUT2D eigenvalue weighted by Gasteiger charge is 2.20. The van der Waals surface area contributed by atoms with Crippen LogP contribution < -0.4 is 4.90 Å². The van der Waals surface area contributed by atoms with Gasteiger partial charge in [0.1, 0.15) is 12.1 Å². The van der Waals surface area contributed by atoms with Crippen molar-refractivity contribution in [2.45, 2.75) is 70.7 Å². The van der Waals surface area contributed by atoms with Gasteiger partial charge in [-0.1, -0.05) is 55.4 Å². The fraction of sp³-hybridized carbons (Fsp3) is 0.444. The lowest BCUT2D eigenvalue weighted by Gasteiger charge is -2.23. The largest absolute Gasteiger partial charge is 0.459 e. The highest BCUT2D eigenvalue weighted by atomic mass is 32.2. The molecule has 1 aromatic heterocycles. The Bertz CT molecular complexity index is 1090. The number of aromatic nitrogens is 2. The van der Waals surface area contributed by atoms with E-state index >= 15 is 0 Å². The molecule has 0 saturated carbocycles. The predicted octanol–water partition coefficient (Wildman–Crippen LogP) is 6.08. The highest BCUT2D eigenvalue weighted by Crippen LogP contribution is 2.26. The maximum atomic E-state index is 12.8. The standard InChI is InChI=1S/C27H35N3O3S/c1-5-6-17-24(31)29(21-13-8-7-9-14-21)18-12-19-34-26-28-22-15-10-11-16-23(22)30(26)20-25(32)33-27(2,3)4/h7-11,13-16H,5-6,12,17-20H2,1-4H3. The van der Waals surface area contributed by atoms with Gasteiger partial charge in [-0.3, -0.25) is 9.59 Å². The van der Waals surface area contributed by atoms with Crippen molar-refractivity contribution >= 4 is 40.4 Å². The molecule has 0 atom stereocenters. The minimum absolute atomic E-state index is 0.117. The van der Waals surface area contributed by atoms with Crippen LogP contribution in [0, 0.1) is 0 Å². The number of hydrogen-bond donors (Lipinski definition) is 0. The quantitative estimate of drug-likeness (QED) is 0.189. The number of benzene rings is 2. The van der Waals surface area contributed by atoms with E-state index in [1.54, 1.807) is 11.8 Å². The summed E-state index contributed by atoms with van der Waals surface area (Å²) in [6.45, 7) is 8.46. The van der Waals surface area contributed by atoms with Gasteiger partial charge in [-0.2, -0.15) is 0 Å². The molecule has 0 aliphatic rings. The molecule has 1 amide bonds. The minimum Gasteiger partial charge on any atom is -0.459 e. The lowest BCUT2D eigenvalue weighted by molar-refractivity contribution is -0.155. The van der Waals surface area contributed by atoms with Gasteiger partial charge in [-0.05, 0) is 57.9 Å². The molecule has 1 heterocycles. The van der Waals surface area contributed by atoms with Crippen LogP contribution >= 0.6 is 11.8 Å². The monoisotopic (exact) mass is 481 g/mol. The van der Waals surface area contributed by atoms with E-state index in [2.05, 4.69) is 6.92 Å². The summed E-state index contributed by atoms with van der Waals surface area (Å²) in [6, 6.07) is 17.7. The zero-order valence-corrected chi connectivity index (χ0v) is 21.4. The van der Waals surface area contributed by atoms with Gasteiger partial charge in [0.15, 0.2) is 5.16 Å². The van der Waals surface area contributed by atoms with Crippen molar-refractivity contribution < 1.29 is 14.3 Å². The lowest BCUT2D eigenvalue weighted by Crippen LogP contribution is -2.32. The molecule has 3 aromatic rings. The number of rotatable bonds is 11. The van der Waals surface area contributed by atoms with E-state index in [1.807, 2.05) is 84.8 Å². The summed E-state index contributed by atoms with van der Waals surface area (Å²) < 4.78 is 7.46. The molecular weight excluding hydrogens is 446 g/mol. The second kappa shape index (κ2) is 12.1. The van der Waals surface area contributed by atoms with Gasteiger partial charge in [-0.15, -0.1) is 0 Å². The molecule has 0 unspecified atom stereocenters. The molecule has 0 saturated heterocycles. The molecule has 34 heavy (non-hydrogen) atoms. The maximum Gasteiger partial charge on any atom is 0.326 e. The van der Waals surface area contributed by atoms with Crippen LogP contribution in [0.1, 0.15) is 53.4 Å². The average Bonchev–Trinajstić information content (AvgIpc) is 3.14. The maximum absolute atomic E-state index is 12.8. The van der Waals surface area contributed by atoms with Crippen molar-refractivity contribution in [1.82, 2.24) is 9.55 Å². The molecule has 0 radical (unpaired) electrons. The van der Waals surface area contributed by atoms with Crippen molar-refractivity contribution in [1.29, 1.82) is 0 Å². The van der Waals surface area contributed by atoms with Gasteiger partial charge in [-0.25, -0.2) is 4.98 Å². The molecule has 0 N–H and O–H groups in total. The number of thioether (sulfide) groups is 1. The number of imidazole rings is 1. The minimum atomic E-state index is -0.536. The zero-order chi connectivity index (χ0) is 24.6. The molecule has 7 heteroatoms. The Kier molecular flexibility index (Phi) is 9.16. The number of fused-ring (bicyclic) bond motifs is 1. The summed E-state index contributed by atoms with van der Waals surface area (Å²) in [7, 11) is 0. The summed E-state index contributed by atoms with van der Waals surface area (Å²) >= 11 is 1.61. The number of carbonyl (C=O) groups is 2. The first-order chi connectivity index (χ1) is 16.3. The van der Waals surface area contributed by atoms with E-state index in [0.717, 1.165) is 46.9 Å². The number of esters is 1. The number of para-hydroxylation sites is 3. The van der Waals surface area contributed by atoms with Crippen LogP contribution in [-0.2, 0) is 20.9 Å². The van der Waals surface area contributed by atoms with Gasteiger partial charge < -0.3 is 14.2 Å². The number of nitrogens with zero attached hydrogens (tertiary/aromatic N) is 3. The Balaban J connectivity index is 1.68. The van der Waals surface area contributed by atoms with Crippen molar-refractivity contribution in [3.05, 3.63) is 54.6 Å². The van der Waals surface area contributed by atoms with Crippen LogP contribution in [0.25, 0.3) is 11.0 Å². The molecule has 0 spiro atoms. The lowest BCUT2D eigenvalue weighted by atomic mass is 10.2. The van der Waals surface area contributed by atoms with E-state index in [1.165, 1.54) is 0 Å². The van der Waals surface area contributed by atoms with Crippen LogP contribution in [0.5, 0.6) is 0 Å². The van der Waals surface area contributed by atoms with Gasteiger partial charge in [0.05, 0.1) is 11.0 Å². The van der Waals surface area contributed by atoms with E-state index in [-0.39, 0.29) is 18.4 Å². The van der Waals surface area contributed by atoms with Crippen molar-refractivity contribution in [3.8, 4) is 0 Å². The molecule has 0 fully saturated rings. The number of hydrogen-bond acceptors (Lipinski definition) is 5. The molecule has 0 aliphatic heterocycles. The normalized spacial score (nSPS) is 11.5. The molecule has 3 rings (SSSR count). The number of ether oxygens (including phenoxy) is 1. The van der Waals surface area contributed by atoms with E-state index in [0.29, 0.717) is 13.0 Å². The molecular formula is C27H35N3O3S. The van der Waals surface area contributed by atoms with Gasteiger partial charge in [0, 0.05) is 24.4 Å². The molecule has 0 bridgehead atoms. The second-order valence-electron chi connectivity index (χ2n) is 9.24. The highest BCUT2D eigenvalue weighted by molar-refractivity contribution is 7.99. The van der Waals surface area contributed by atoms with Crippen LogP contribution in [0.2, 0.25) is 0 Å². The SMILES string of the molecule is CCCCC(=O)N(CCCSc1nc2ccccc2n1CC(=O)OC(C)(C)C)c1ccccc1. The van der Waals surface area contributed by atoms with Gasteiger partial charge in [0.25, 0.3) is 0 Å². The Morgan fingerprint density at radius 1 is 1.03 bits per heavy atom. The third-order valence-electron chi connectivity index (χ3n) is 5.20. The first-order valence-electron chi connectivity index (χ1n) is 11.9.